The van der Waals surface area contributed by atoms with Gasteiger partial charge in [-0.25, -0.2) is 9.97 Å². The number of benzene rings is 1. The molecular formula is C31H39N7O3. The molecule has 10 heteroatoms. The lowest BCUT2D eigenvalue weighted by molar-refractivity contribution is -0.0893. The molecule has 216 valence electrons. The van der Waals surface area contributed by atoms with Crippen molar-refractivity contribution < 1.29 is 14.2 Å². The van der Waals surface area contributed by atoms with Crippen molar-refractivity contribution in [1.29, 1.82) is 0 Å². The standard InChI is InChI=1S/C31H39N7O3/c1-30(2)17-26-31(3,20-41-30)23-18-33-29(34-21-7-9-22(10-8-21)37-12-15-39-16-13-37)36-28(23)38(26)27-6-4-5-24(35-27)25-19-32-11-14-40-25/h4-10,18,25-26,32H,11-17,19-20H2,1-3H3,(H,33,34,36)/t25-,26-,31-/m1/s1. The van der Waals surface area contributed by atoms with E-state index in [1.807, 2.05) is 6.20 Å². The molecule has 3 atom stereocenters. The maximum atomic E-state index is 6.37. The predicted octanol–water partition coefficient (Wildman–Crippen LogP) is 4.09. The number of hydrogen-bond donors (Lipinski definition) is 2. The third-order valence-corrected chi connectivity index (χ3v) is 8.87. The van der Waals surface area contributed by atoms with E-state index in [0.717, 1.165) is 74.4 Å². The van der Waals surface area contributed by atoms with E-state index < -0.39 is 0 Å². The second-order valence-electron chi connectivity index (χ2n) is 12.2. The third-order valence-electron chi connectivity index (χ3n) is 8.87. The van der Waals surface area contributed by atoms with E-state index in [1.165, 1.54) is 5.69 Å². The molecule has 0 spiro atoms. The van der Waals surface area contributed by atoms with Crippen molar-refractivity contribution >= 4 is 29.0 Å². The molecule has 4 aliphatic rings. The minimum atomic E-state index is -0.260. The van der Waals surface area contributed by atoms with Crippen LogP contribution in [0.5, 0.6) is 0 Å². The molecule has 3 fully saturated rings. The van der Waals surface area contributed by atoms with Gasteiger partial charge in [0, 0.05) is 54.7 Å². The van der Waals surface area contributed by atoms with E-state index in [-0.39, 0.29) is 23.2 Å². The number of fused-ring (bicyclic) bond motifs is 3. The Bertz CT molecular complexity index is 1390. The number of ether oxygens (including phenoxy) is 3. The van der Waals surface area contributed by atoms with Gasteiger partial charge in [-0.15, -0.1) is 0 Å². The molecule has 2 aromatic heterocycles. The number of pyridine rings is 1. The summed E-state index contributed by atoms with van der Waals surface area (Å²) in [6.45, 7) is 12.9. The van der Waals surface area contributed by atoms with Crippen LogP contribution in [0.4, 0.5) is 29.0 Å². The molecule has 0 bridgehead atoms. The van der Waals surface area contributed by atoms with Gasteiger partial charge in [-0.2, -0.15) is 4.98 Å². The van der Waals surface area contributed by atoms with Crippen LogP contribution in [0.2, 0.25) is 0 Å². The minimum absolute atomic E-state index is 0.0636. The molecule has 10 nitrogen and oxygen atoms in total. The molecule has 3 saturated heterocycles. The first-order valence-corrected chi connectivity index (χ1v) is 14.7. The van der Waals surface area contributed by atoms with E-state index in [2.05, 4.69) is 83.7 Å². The summed E-state index contributed by atoms with van der Waals surface area (Å²) in [5, 5.41) is 6.86. The van der Waals surface area contributed by atoms with Gasteiger partial charge in [0.1, 0.15) is 17.7 Å². The van der Waals surface area contributed by atoms with E-state index in [0.29, 0.717) is 19.2 Å². The van der Waals surface area contributed by atoms with Gasteiger partial charge in [-0.1, -0.05) is 13.0 Å². The van der Waals surface area contributed by atoms with Gasteiger partial charge < -0.3 is 34.6 Å². The Morgan fingerprint density at radius 1 is 1.00 bits per heavy atom. The fraction of sp³-hybridized carbons (Fsp3) is 0.516. The van der Waals surface area contributed by atoms with Crippen molar-refractivity contribution in [3.8, 4) is 0 Å². The highest BCUT2D eigenvalue weighted by molar-refractivity contribution is 5.71. The summed E-state index contributed by atoms with van der Waals surface area (Å²) in [5.74, 6) is 2.32. The molecule has 7 rings (SSSR count). The lowest BCUT2D eigenvalue weighted by Gasteiger charge is -2.46. The molecule has 0 aliphatic carbocycles. The fourth-order valence-electron chi connectivity index (χ4n) is 6.47. The normalized spacial score (nSPS) is 27.3. The van der Waals surface area contributed by atoms with Gasteiger partial charge in [-0.05, 0) is 56.7 Å². The van der Waals surface area contributed by atoms with Crippen LogP contribution >= 0.6 is 0 Å². The molecule has 41 heavy (non-hydrogen) atoms. The van der Waals surface area contributed by atoms with E-state index in [1.54, 1.807) is 0 Å². The van der Waals surface area contributed by atoms with E-state index in [4.69, 9.17) is 29.2 Å². The van der Waals surface area contributed by atoms with Crippen molar-refractivity contribution in [1.82, 2.24) is 20.3 Å². The fourth-order valence-corrected chi connectivity index (χ4v) is 6.47. The van der Waals surface area contributed by atoms with Crippen LogP contribution in [0, 0.1) is 0 Å². The largest absolute Gasteiger partial charge is 0.378 e. The maximum Gasteiger partial charge on any atom is 0.229 e. The Hall–Kier alpha value is -3.31. The van der Waals surface area contributed by atoms with Gasteiger partial charge in [0.2, 0.25) is 5.95 Å². The summed E-state index contributed by atoms with van der Waals surface area (Å²) >= 11 is 0. The Labute approximate surface area is 241 Å². The smallest absolute Gasteiger partial charge is 0.229 e. The molecule has 2 N–H and O–H groups in total. The minimum Gasteiger partial charge on any atom is -0.378 e. The highest BCUT2D eigenvalue weighted by Gasteiger charge is 2.55. The van der Waals surface area contributed by atoms with Crippen LogP contribution in [0.3, 0.4) is 0 Å². The molecule has 0 saturated carbocycles. The highest BCUT2D eigenvalue weighted by Crippen LogP contribution is 2.53. The number of aromatic nitrogens is 3. The number of anilines is 5. The quantitative estimate of drug-likeness (QED) is 0.478. The Balaban J connectivity index is 1.22. The van der Waals surface area contributed by atoms with Gasteiger partial charge in [0.15, 0.2) is 0 Å². The summed E-state index contributed by atoms with van der Waals surface area (Å²) in [5.41, 5.74) is 3.65. The number of hydrogen-bond acceptors (Lipinski definition) is 10. The third kappa shape index (κ3) is 5.03. The molecule has 6 heterocycles. The van der Waals surface area contributed by atoms with Crippen LogP contribution in [0.15, 0.2) is 48.7 Å². The number of nitrogens with one attached hydrogen (secondary N) is 2. The van der Waals surface area contributed by atoms with E-state index in [9.17, 15) is 0 Å². The van der Waals surface area contributed by atoms with Crippen LogP contribution in [-0.4, -0.2) is 79.2 Å². The summed E-state index contributed by atoms with van der Waals surface area (Å²) in [7, 11) is 0. The molecule has 0 radical (unpaired) electrons. The first kappa shape index (κ1) is 26.6. The maximum absolute atomic E-state index is 6.37. The first-order chi connectivity index (χ1) is 19.9. The van der Waals surface area contributed by atoms with Gasteiger partial charge >= 0.3 is 0 Å². The number of morpholine rings is 2. The number of rotatable bonds is 5. The van der Waals surface area contributed by atoms with Crippen LogP contribution in [-0.2, 0) is 19.6 Å². The van der Waals surface area contributed by atoms with Crippen LogP contribution in [0.25, 0.3) is 0 Å². The van der Waals surface area contributed by atoms with Gasteiger partial charge in [0.25, 0.3) is 0 Å². The van der Waals surface area contributed by atoms with Crippen LogP contribution in [0.1, 0.15) is 44.6 Å². The highest BCUT2D eigenvalue weighted by atomic mass is 16.5. The zero-order valence-corrected chi connectivity index (χ0v) is 24.1. The number of nitrogens with zero attached hydrogens (tertiary/aromatic N) is 5. The van der Waals surface area contributed by atoms with Crippen molar-refractivity contribution in [3.05, 3.63) is 59.9 Å². The SMILES string of the molecule is CC1(C)C[C@H]2N(c3cccc([C@H]4CNCCO4)n3)c3nc(Nc4ccc(N5CCOCC5)cc4)ncc3[C@@]2(C)CO1. The average molecular weight is 558 g/mol. The van der Waals surface area contributed by atoms with Crippen molar-refractivity contribution in [3.63, 3.8) is 0 Å². The monoisotopic (exact) mass is 557 g/mol. The Morgan fingerprint density at radius 3 is 2.61 bits per heavy atom. The predicted molar refractivity (Wildman–Crippen MR) is 159 cm³/mol. The van der Waals surface area contributed by atoms with Crippen LogP contribution < -0.4 is 20.4 Å². The zero-order valence-electron chi connectivity index (χ0n) is 24.1. The molecule has 1 aromatic carbocycles. The molecule has 0 unspecified atom stereocenters. The summed E-state index contributed by atoms with van der Waals surface area (Å²) in [6.07, 6.45) is 2.75. The lowest BCUT2D eigenvalue weighted by atomic mass is 9.73. The Morgan fingerprint density at radius 2 is 1.83 bits per heavy atom. The summed E-state index contributed by atoms with van der Waals surface area (Å²) < 4.78 is 17.9. The zero-order chi connectivity index (χ0) is 28.0. The lowest BCUT2D eigenvalue weighted by Crippen LogP contribution is -2.54. The molecular weight excluding hydrogens is 518 g/mol. The average Bonchev–Trinajstić information content (AvgIpc) is 3.25. The van der Waals surface area contributed by atoms with Crippen molar-refractivity contribution in [2.24, 2.45) is 0 Å². The molecule has 4 aliphatic heterocycles. The van der Waals surface area contributed by atoms with Gasteiger partial charge in [0.05, 0.1) is 43.8 Å². The second-order valence-corrected chi connectivity index (χ2v) is 12.2. The first-order valence-electron chi connectivity index (χ1n) is 14.7. The van der Waals surface area contributed by atoms with Crippen molar-refractivity contribution in [2.45, 2.75) is 50.4 Å². The molecule has 3 aromatic rings. The summed E-state index contributed by atoms with van der Waals surface area (Å²) in [4.78, 5) is 19.7. The molecule has 0 amide bonds. The van der Waals surface area contributed by atoms with E-state index >= 15 is 0 Å². The topological polar surface area (TPSA) is 96.9 Å². The summed E-state index contributed by atoms with van der Waals surface area (Å²) in [6, 6.07) is 14.8. The second kappa shape index (κ2) is 10.5. The Kier molecular flexibility index (Phi) is 6.81. The van der Waals surface area contributed by atoms with Crippen molar-refractivity contribution in [2.75, 3.05) is 67.7 Å². The van der Waals surface area contributed by atoms with Gasteiger partial charge in [-0.3, -0.25) is 0 Å².